The zero-order valence-electron chi connectivity index (χ0n) is 12.8. The van der Waals surface area contributed by atoms with Crippen molar-refractivity contribution in [1.29, 1.82) is 0 Å². The molecule has 0 aliphatic rings. The van der Waals surface area contributed by atoms with Crippen LogP contribution in [0.3, 0.4) is 0 Å². The summed E-state index contributed by atoms with van der Waals surface area (Å²) in [6.07, 6.45) is -0.790. The topological polar surface area (TPSA) is 96.2 Å². The zero-order chi connectivity index (χ0) is 17.0. The maximum Gasteiger partial charge on any atom is 0.339 e. The highest BCUT2D eigenvalue weighted by Gasteiger charge is 2.18. The van der Waals surface area contributed by atoms with E-state index in [1.807, 2.05) is 0 Å². The summed E-state index contributed by atoms with van der Waals surface area (Å²) in [5.74, 6) is -0.443. The standard InChI is InChI=1S/C17H18O6/c1-10(19)11-6-7-14(13(8-11)17(20)21)23-16-12(9-18)4-3-5-15(16)22-2/h3-8,10,18-19H,9H2,1-2H3,(H,20,21). The van der Waals surface area contributed by atoms with Crippen LogP contribution in [0.25, 0.3) is 0 Å². The molecule has 2 aromatic carbocycles. The molecule has 2 aromatic rings. The quantitative estimate of drug-likeness (QED) is 0.758. The molecular formula is C17H18O6. The van der Waals surface area contributed by atoms with Gasteiger partial charge in [-0.1, -0.05) is 18.2 Å². The third kappa shape index (κ3) is 3.61. The summed E-state index contributed by atoms with van der Waals surface area (Å²) in [7, 11) is 1.46. The third-order valence-corrected chi connectivity index (χ3v) is 3.38. The monoisotopic (exact) mass is 318 g/mol. The molecule has 6 nitrogen and oxygen atoms in total. The number of para-hydroxylation sites is 1. The Morgan fingerprint density at radius 2 is 1.96 bits per heavy atom. The Morgan fingerprint density at radius 1 is 1.22 bits per heavy atom. The third-order valence-electron chi connectivity index (χ3n) is 3.38. The van der Waals surface area contributed by atoms with Crippen LogP contribution < -0.4 is 9.47 Å². The average molecular weight is 318 g/mol. The fraction of sp³-hybridized carbons (Fsp3) is 0.235. The number of carbonyl (C=O) groups is 1. The zero-order valence-corrected chi connectivity index (χ0v) is 12.8. The molecule has 0 saturated heterocycles. The Kier molecular flexibility index (Phi) is 5.20. The smallest absolute Gasteiger partial charge is 0.339 e. The highest BCUT2D eigenvalue weighted by atomic mass is 16.5. The molecule has 0 radical (unpaired) electrons. The molecule has 0 bridgehead atoms. The van der Waals surface area contributed by atoms with Crippen molar-refractivity contribution in [3.63, 3.8) is 0 Å². The summed E-state index contributed by atoms with van der Waals surface area (Å²) in [5, 5.41) is 28.4. The van der Waals surface area contributed by atoms with Gasteiger partial charge in [-0.05, 0) is 30.7 Å². The van der Waals surface area contributed by atoms with Crippen LogP contribution in [0.5, 0.6) is 17.2 Å². The minimum Gasteiger partial charge on any atom is -0.493 e. The first-order valence-corrected chi connectivity index (χ1v) is 6.97. The number of methoxy groups -OCH3 is 1. The molecule has 2 rings (SSSR count). The molecule has 0 spiro atoms. The van der Waals surface area contributed by atoms with Crippen molar-refractivity contribution < 1.29 is 29.6 Å². The molecule has 1 atom stereocenters. The van der Waals surface area contributed by atoms with Gasteiger partial charge in [0.2, 0.25) is 0 Å². The number of aliphatic hydroxyl groups is 2. The molecular weight excluding hydrogens is 300 g/mol. The SMILES string of the molecule is COc1cccc(CO)c1Oc1ccc(C(C)O)cc1C(=O)O. The van der Waals surface area contributed by atoms with E-state index >= 15 is 0 Å². The number of carboxylic acids is 1. The second-order valence-electron chi connectivity index (χ2n) is 4.95. The molecule has 122 valence electrons. The van der Waals surface area contributed by atoms with E-state index in [1.54, 1.807) is 31.2 Å². The minimum absolute atomic E-state index is 0.0850. The van der Waals surface area contributed by atoms with Crippen LogP contribution in [-0.4, -0.2) is 28.4 Å². The van der Waals surface area contributed by atoms with Crippen LogP contribution in [0.2, 0.25) is 0 Å². The lowest BCUT2D eigenvalue weighted by molar-refractivity contribution is 0.0693. The van der Waals surface area contributed by atoms with E-state index in [9.17, 15) is 20.1 Å². The predicted molar refractivity (Wildman–Crippen MR) is 83.0 cm³/mol. The average Bonchev–Trinajstić information content (AvgIpc) is 2.54. The summed E-state index contributed by atoms with van der Waals surface area (Å²) >= 11 is 0. The van der Waals surface area contributed by atoms with Gasteiger partial charge in [0.15, 0.2) is 11.5 Å². The second-order valence-corrected chi connectivity index (χ2v) is 4.95. The number of aliphatic hydroxyl groups excluding tert-OH is 2. The maximum absolute atomic E-state index is 11.5. The van der Waals surface area contributed by atoms with Crippen LogP contribution in [0.15, 0.2) is 36.4 Å². The Labute approximate surface area is 133 Å². The lowest BCUT2D eigenvalue weighted by Gasteiger charge is -2.16. The van der Waals surface area contributed by atoms with Gasteiger partial charge in [0.25, 0.3) is 0 Å². The number of carboxylic acid groups (broad SMARTS) is 1. The van der Waals surface area contributed by atoms with Gasteiger partial charge in [0, 0.05) is 5.56 Å². The van der Waals surface area contributed by atoms with Crippen molar-refractivity contribution in [2.24, 2.45) is 0 Å². The van der Waals surface area contributed by atoms with Crippen LogP contribution in [0, 0.1) is 0 Å². The van der Waals surface area contributed by atoms with E-state index in [4.69, 9.17) is 9.47 Å². The van der Waals surface area contributed by atoms with Crippen molar-refractivity contribution >= 4 is 5.97 Å². The summed E-state index contributed by atoms with van der Waals surface area (Å²) in [6, 6.07) is 9.42. The Morgan fingerprint density at radius 3 is 2.52 bits per heavy atom. The molecule has 6 heteroatoms. The van der Waals surface area contributed by atoms with Crippen molar-refractivity contribution in [3.8, 4) is 17.2 Å². The first-order chi connectivity index (χ1) is 11.0. The van der Waals surface area contributed by atoms with Crippen LogP contribution in [0.4, 0.5) is 0 Å². The molecule has 3 N–H and O–H groups in total. The van der Waals surface area contributed by atoms with Crippen molar-refractivity contribution in [2.75, 3.05) is 7.11 Å². The van der Waals surface area contributed by atoms with Gasteiger partial charge in [-0.3, -0.25) is 0 Å². The van der Waals surface area contributed by atoms with E-state index in [-0.39, 0.29) is 23.7 Å². The number of hydrogen-bond acceptors (Lipinski definition) is 5. The molecule has 0 amide bonds. The maximum atomic E-state index is 11.5. The Balaban J connectivity index is 2.50. The van der Waals surface area contributed by atoms with Gasteiger partial charge in [-0.25, -0.2) is 4.79 Å². The number of hydrogen-bond donors (Lipinski definition) is 3. The molecule has 0 aliphatic carbocycles. The van der Waals surface area contributed by atoms with Crippen molar-refractivity contribution in [3.05, 3.63) is 53.1 Å². The first kappa shape index (κ1) is 16.8. The van der Waals surface area contributed by atoms with Gasteiger partial charge < -0.3 is 24.8 Å². The molecule has 1 unspecified atom stereocenters. The number of aromatic carboxylic acids is 1. The van der Waals surface area contributed by atoms with Crippen LogP contribution in [0.1, 0.15) is 34.5 Å². The number of ether oxygens (including phenoxy) is 2. The lowest BCUT2D eigenvalue weighted by Crippen LogP contribution is -2.04. The van der Waals surface area contributed by atoms with Crippen molar-refractivity contribution in [2.45, 2.75) is 19.6 Å². The van der Waals surface area contributed by atoms with E-state index < -0.39 is 12.1 Å². The van der Waals surface area contributed by atoms with Gasteiger partial charge in [0.1, 0.15) is 11.3 Å². The summed E-state index contributed by atoms with van der Waals surface area (Å²) < 4.78 is 10.9. The predicted octanol–water partition coefficient (Wildman–Crippen LogP) is 2.73. The summed E-state index contributed by atoms with van der Waals surface area (Å²) in [5.41, 5.74) is 0.857. The fourth-order valence-corrected chi connectivity index (χ4v) is 2.14. The summed E-state index contributed by atoms with van der Waals surface area (Å²) in [6.45, 7) is 1.27. The van der Waals surface area contributed by atoms with Gasteiger partial charge in [-0.2, -0.15) is 0 Å². The number of benzene rings is 2. The van der Waals surface area contributed by atoms with Crippen LogP contribution >= 0.6 is 0 Å². The van der Waals surface area contributed by atoms with E-state index in [1.165, 1.54) is 19.2 Å². The second kappa shape index (κ2) is 7.13. The normalized spacial score (nSPS) is 11.8. The van der Waals surface area contributed by atoms with E-state index in [0.717, 1.165) is 0 Å². The van der Waals surface area contributed by atoms with Crippen molar-refractivity contribution in [1.82, 2.24) is 0 Å². The highest BCUT2D eigenvalue weighted by Crippen LogP contribution is 2.37. The molecule has 0 aliphatic heterocycles. The Hall–Kier alpha value is -2.57. The van der Waals surface area contributed by atoms with Gasteiger partial charge >= 0.3 is 5.97 Å². The van der Waals surface area contributed by atoms with E-state index in [2.05, 4.69) is 0 Å². The molecule has 0 aromatic heterocycles. The molecule has 0 heterocycles. The van der Waals surface area contributed by atoms with Gasteiger partial charge in [-0.15, -0.1) is 0 Å². The Bertz CT molecular complexity index is 686. The lowest BCUT2D eigenvalue weighted by atomic mass is 10.1. The van der Waals surface area contributed by atoms with Gasteiger partial charge in [0.05, 0.1) is 19.8 Å². The largest absolute Gasteiger partial charge is 0.493 e. The highest BCUT2D eigenvalue weighted by molar-refractivity contribution is 5.91. The van der Waals surface area contributed by atoms with Crippen LogP contribution in [-0.2, 0) is 6.61 Å². The van der Waals surface area contributed by atoms with E-state index in [0.29, 0.717) is 16.9 Å². The molecule has 0 fully saturated rings. The first-order valence-electron chi connectivity index (χ1n) is 6.97. The number of rotatable bonds is 6. The minimum atomic E-state index is -1.18. The fourth-order valence-electron chi connectivity index (χ4n) is 2.14. The summed E-state index contributed by atoms with van der Waals surface area (Å²) in [4.78, 5) is 11.5. The molecule has 0 saturated carbocycles. The molecule has 23 heavy (non-hydrogen) atoms.